The number of aryl methyl sites for hydroxylation is 1. The normalized spacial score (nSPS) is 21.5. The highest BCUT2D eigenvalue weighted by atomic mass is 16.5. The van der Waals surface area contributed by atoms with E-state index in [2.05, 4.69) is 29.8 Å². The quantitative estimate of drug-likeness (QED) is 0.804. The van der Waals surface area contributed by atoms with E-state index < -0.39 is 0 Å². The van der Waals surface area contributed by atoms with E-state index in [1.807, 2.05) is 6.07 Å². The van der Waals surface area contributed by atoms with Gasteiger partial charge in [0.15, 0.2) is 0 Å². The summed E-state index contributed by atoms with van der Waals surface area (Å²) in [6.45, 7) is 6.66. The summed E-state index contributed by atoms with van der Waals surface area (Å²) in [6.07, 6.45) is 3.91. The minimum atomic E-state index is 0.548. The van der Waals surface area contributed by atoms with Gasteiger partial charge in [0.1, 0.15) is 0 Å². The van der Waals surface area contributed by atoms with Gasteiger partial charge in [0.2, 0.25) is 5.88 Å². The van der Waals surface area contributed by atoms with Crippen molar-refractivity contribution in [2.24, 2.45) is 0 Å². The van der Waals surface area contributed by atoms with E-state index in [1.54, 1.807) is 7.11 Å². The van der Waals surface area contributed by atoms with Crippen molar-refractivity contribution >= 4 is 0 Å². The molecular weight excluding hydrogens is 212 g/mol. The third kappa shape index (κ3) is 2.60. The Hall–Kier alpha value is -1.09. The Morgan fingerprint density at radius 2 is 2.24 bits per heavy atom. The summed E-state index contributed by atoms with van der Waals surface area (Å²) in [6, 6.07) is 4.71. The first-order chi connectivity index (χ1) is 8.26. The SMILES string of the molecule is CCN1CCCCC1c1ccc(OC)nc1C. The number of ether oxygens (including phenoxy) is 1. The molecule has 2 heterocycles. The number of nitrogens with zero attached hydrogens (tertiary/aromatic N) is 2. The molecule has 1 aromatic heterocycles. The minimum Gasteiger partial charge on any atom is -0.481 e. The van der Waals surface area contributed by atoms with Crippen LogP contribution in [0, 0.1) is 6.92 Å². The van der Waals surface area contributed by atoms with Crippen LogP contribution >= 0.6 is 0 Å². The highest BCUT2D eigenvalue weighted by Gasteiger charge is 2.24. The molecule has 1 fully saturated rings. The lowest BCUT2D eigenvalue weighted by Gasteiger charge is -2.35. The Morgan fingerprint density at radius 1 is 1.41 bits per heavy atom. The fraction of sp³-hybridized carbons (Fsp3) is 0.643. The first-order valence-electron chi connectivity index (χ1n) is 6.51. The second-order valence-electron chi connectivity index (χ2n) is 4.67. The van der Waals surface area contributed by atoms with Crippen LogP contribution in [0.25, 0.3) is 0 Å². The standard InChI is InChI=1S/C14H22N2O/c1-4-16-10-6-5-7-13(16)12-8-9-14(17-3)15-11(12)2/h8-9,13H,4-7,10H2,1-3H3. The number of hydrogen-bond acceptors (Lipinski definition) is 3. The van der Waals surface area contributed by atoms with Crippen molar-refractivity contribution in [1.29, 1.82) is 0 Å². The second-order valence-corrected chi connectivity index (χ2v) is 4.67. The van der Waals surface area contributed by atoms with Crippen molar-refractivity contribution in [3.63, 3.8) is 0 Å². The van der Waals surface area contributed by atoms with Crippen molar-refractivity contribution in [2.75, 3.05) is 20.2 Å². The molecule has 94 valence electrons. The van der Waals surface area contributed by atoms with E-state index in [0.29, 0.717) is 11.9 Å². The van der Waals surface area contributed by atoms with E-state index in [9.17, 15) is 0 Å². The van der Waals surface area contributed by atoms with Gasteiger partial charge in [-0.1, -0.05) is 19.4 Å². The molecule has 1 aliphatic rings. The first kappa shape index (κ1) is 12.4. The van der Waals surface area contributed by atoms with Gasteiger partial charge >= 0.3 is 0 Å². The van der Waals surface area contributed by atoms with Crippen molar-refractivity contribution in [3.05, 3.63) is 23.4 Å². The fourth-order valence-electron chi connectivity index (χ4n) is 2.74. The summed E-state index contributed by atoms with van der Waals surface area (Å²) in [5.41, 5.74) is 2.47. The summed E-state index contributed by atoms with van der Waals surface area (Å²) in [7, 11) is 1.67. The molecule has 0 bridgehead atoms. The molecule has 0 radical (unpaired) electrons. The Balaban J connectivity index is 2.25. The Bertz CT molecular complexity index is 378. The molecule has 1 saturated heterocycles. The van der Waals surface area contributed by atoms with Crippen LogP contribution in [0.2, 0.25) is 0 Å². The van der Waals surface area contributed by atoms with Crippen molar-refractivity contribution < 1.29 is 4.74 Å². The number of hydrogen-bond donors (Lipinski definition) is 0. The molecule has 1 aliphatic heterocycles. The molecule has 2 rings (SSSR count). The van der Waals surface area contributed by atoms with Crippen LogP contribution in [-0.2, 0) is 0 Å². The maximum Gasteiger partial charge on any atom is 0.213 e. The van der Waals surface area contributed by atoms with Crippen LogP contribution in [0.3, 0.4) is 0 Å². The van der Waals surface area contributed by atoms with Gasteiger partial charge in [-0.3, -0.25) is 4.90 Å². The fourth-order valence-corrected chi connectivity index (χ4v) is 2.74. The highest BCUT2D eigenvalue weighted by Crippen LogP contribution is 2.32. The number of rotatable bonds is 3. The zero-order valence-electron chi connectivity index (χ0n) is 11.1. The lowest BCUT2D eigenvalue weighted by atomic mass is 9.94. The van der Waals surface area contributed by atoms with Gasteiger partial charge in [0.25, 0.3) is 0 Å². The van der Waals surface area contributed by atoms with Crippen LogP contribution in [0.15, 0.2) is 12.1 Å². The van der Waals surface area contributed by atoms with Gasteiger partial charge in [-0.05, 0) is 38.4 Å². The molecule has 0 spiro atoms. The molecule has 0 saturated carbocycles. The van der Waals surface area contributed by atoms with Gasteiger partial charge in [0, 0.05) is 17.8 Å². The summed E-state index contributed by atoms with van der Waals surface area (Å²) in [4.78, 5) is 7.04. The molecule has 1 unspecified atom stereocenters. The molecule has 0 amide bonds. The van der Waals surface area contributed by atoms with Crippen molar-refractivity contribution in [3.8, 4) is 5.88 Å². The smallest absolute Gasteiger partial charge is 0.213 e. The summed E-state index contributed by atoms with van der Waals surface area (Å²) in [5.74, 6) is 0.713. The molecule has 3 nitrogen and oxygen atoms in total. The Kier molecular flexibility index (Phi) is 4.00. The van der Waals surface area contributed by atoms with Crippen molar-refractivity contribution in [1.82, 2.24) is 9.88 Å². The van der Waals surface area contributed by atoms with Crippen molar-refractivity contribution in [2.45, 2.75) is 39.2 Å². The lowest BCUT2D eigenvalue weighted by molar-refractivity contribution is 0.156. The topological polar surface area (TPSA) is 25.4 Å². The zero-order chi connectivity index (χ0) is 12.3. The van der Waals surface area contributed by atoms with Gasteiger partial charge in [-0.15, -0.1) is 0 Å². The lowest BCUT2D eigenvalue weighted by Crippen LogP contribution is -2.33. The average molecular weight is 234 g/mol. The summed E-state index contributed by atoms with van der Waals surface area (Å²) < 4.78 is 5.17. The number of pyridine rings is 1. The first-order valence-corrected chi connectivity index (χ1v) is 6.51. The minimum absolute atomic E-state index is 0.548. The molecule has 17 heavy (non-hydrogen) atoms. The van der Waals surface area contributed by atoms with Gasteiger partial charge in [0.05, 0.1) is 7.11 Å². The van der Waals surface area contributed by atoms with Crippen LogP contribution in [0.5, 0.6) is 5.88 Å². The van der Waals surface area contributed by atoms with Crippen LogP contribution < -0.4 is 4.74 Å². The summed E-state index contributed by atoms with van der Waals surface area (Å²) in [5, 5.41) is 0. The molecule has 0 N–H and O–H groups in total. The predicted molar refractivity (Wildman–Crippen MR) is 69.4 cm³/mol. The van der Waals surface area contributed by atoms with E-state index in [-0.39, 0.29) is 0 Å². The van der Waals surface area contributed by atoms with Gasteiger partial charge < -0.3 is 4.74 Å². The average Bonchev–Trinajstić information content (AvgIpc) is 2.38. The number of piperidine rings is 1. The Labute approximate surface area is 104 Å². The molecule has 0 aromatic carbocycles. The van der Waals surface area contributed by atoms with E-state index >= 15 is 0 Å². The highest BCUT2D eigenvalue weighted by molar-refractivity contribution is 5.28. The zero-order valence-corrected chi connectivity index (χ0v) is 11.1. The molecule has 1 atom stereocenters. The monoisotopic (exact) mass is 234 g/mol. The van der Waals surface area contributed by atoms with Crippen LogP contribution in [0.4, 0.5) is 0 Å². The summed E-state index contributed by atoms with van der Waals surface area (Å²) >= 11 is 0. The molecule has 3 heteroatoms. The largest absolute Gasteiger partial charge is 0.481 e. The predicted octanol–water partition coefficient (Wildman–Crippen LogP) is 2.95. The van der Waals surface area contributed by atoms with Gasteiger partial charge in [-0.25, -0.2) is 4.98 Å². The molecule has 1 aromatic rings. The molecular formula is C14H22N2O. The maximum atomic E-state index is 5.17. The second kappa shape index (κ2) is 5.50. The number of methoxy groups -OCH3 is 1. The van der Waals surface area contributed by atoms with E-state index in [4.69, 9.17) is 4.74 Å². The van der Waals surface area contributed by atoms with Gasteiger partial charge in [-0.2, -0.15) is 0 Å². The van der Waals surface area contributed by atoms with Crippen LogP contribution in [0.1, 0.15) is 43.5 Å². The number of aromatic nitrogens is 1. The van der Waals surface area contributed by atoms with E-state index in [0.717, 1.165) is 12.2 Å². The third-order valence-corrected chi connectivity index (χ3v) is 3.69. The Morgan fingerprint density at radius 3 is 2.88 bits per heavy atom. The van der Waals surface area contributed by atoms with Crippen LogP contribution in [-0.4, -0.2) is 30.1 Å². The third-order valence-electron chi connectivity index (χ3n) is 3.69. The maximum absolute atomic E-state index is 5.17. The molecule has 0 aliphatic carbocycles. The number of likely N-dealkylation sites (tertiary alicyclic amines) is 1. The van der Waals surface area contributed by atoms with E-state index in [1.165, 1.54) is 31.4 Å².